The fourth-order valence-electron chi connectivity index (χ4n) is 1.25. The van der Waals surface area contributed by atoms with E-state index < -0.39 is 16.7 Å². The lowest BCUT2D eigenvalue weighted by Crippen LogP contribution is -2.21. The first-order chi connectivity index (χ1) is 8.56. The number of furan rings is 1. The molecule has 94 valence electrons. The van der Waals surface area contributed by atoms with E-state index in [0.717, 1.165) is 15.4 Å². The highest BCUT2D eigenvalue weighted by Gasteiger charge is 2.16. The van der Waals surface area contributed by atoms with Crippen LogP contribution < -0.4 is 5.32 Å². The molecule has 0 atom stereocenters. The van der Waals surface area contributed by atoms with Gasteiger partial charge in [0.05, 0.1) is 12.6 Å². The second-order valence-corrected chi connectivity index (χ2v) is 5.22. The van der Waals surface area contributed by atoms with Gasteiger partial charge in [-0.3, -0.25) is 14.9 Å². The number of carbonyl (C=O) groups excluding carboxylic acids is 1. The van der Waals surface area contributed by atoms with Crippen LogP contribution in [0.2, 0.25) is 0 Å². The Hall–Kier alpha value is -1.67. The zero-order chi connectivity index (χ0) is 13.1. The van der Waals surface area contributed by atoms with Crippen LogP contribution in [0.1, 0.15) is 15.4 Å². The molecule has 18 heavy (non-hydrogen) atoms. The number of hydrogen-bond acceptors (Lipinski definition) is 5. The van der Waals surface area contributed by atoms with E-state index in [1.165, 1.54) is 17.4 Å². The van der Waals surface area contributed by atoms with Crippen molar-refractivity contribution in [2.24, 2.45) is 0 Å². The number of hydrogen-bond donors (Lipinski definition) is 1. The summed E-state index contributed by atoms with van der Waals surface area (Å²) in [6.07, 6.45) is 0. The normalized spacial score (nSPS) is 10.3. The predicted octanol–water partition coefficient (Wildman–Crippen LogP) is 2.94. The molecule has 2 heterocycles. The van der Waals surface area contributed by atoms with Crippen LogP contribution in [0.15, 0.2) is 32.5 Å². The van der Waals surface area contributed by atoms with E-state index in [4.69, 9.17) is 4.42 Å². The van der Waals surface area contributed by atoms with E-state index in [2.05, 4.69) is 21.2 Å². The summed E-state index contributed by atoms with van der Waals surface area (Å²) in [6, 6.07) is 4.31. The first kappa shape index (κ1) is 12.8. The Labute approximate surface area is 114 Å². The van der Waals surface area contributed by atoms with Crippen LogP contribution in [0.5, 0.6) is 0 Å². The molecule has 0 saturated heterocycles. The maximum atomic E-state index is 11.6. The van der Waals surface area contributed by atoms with Gasteiger partial charge in [-0.05, 0) is 28.1 Å². The molecule has 0 aliphatic carbocycles. The van der Waals surface area contributed by atoms with E-state index >= 15 is 0 Å². The molecule has 0 saturated carbocycles. The lowest BCUT2D eigenvalue weighted by Gasteiger charge is -1.99. The molecule has 8 heteroatoms. The number of nitrogens with one attached hydrogen (secondary N) is 1. The highest BCUT2D eigenvalue weighted by molar-refractivity contribution is 9.10. The summed E-state index contributed by atoms with van der Waals surface area (Å²) in [6.45, 7) is 0.351. The molecule has 0 unspecified atom stereocenters. The summed E-state index contributed by atoms with van der Waals surface area (Å²) in [4.78, 5) is 22.3. The van der Waals surface area contributed by atoms with E-state index in [0.29, 0.717) is 6.54 Å². The van der Waals surface area contributed by atoms with E-state index in [1.807, 2.05) is 11.4 Å². The lowest BCUT2D eigenvalue weighted by atomic mass is 10.4. The standard InChI is InChI=1S/C10H7BrN2O4S/c11-6-3-7(18-5-6)4-12-10(14)8-1-2-9(17-8)13(15)16/h1-3,5H,4H2,(H,12,14). The first-order valence-electron chi connectivity index (χ1n) is 4.81. The zero-order valence-corrected chi connectivity index (χ0v) is 11.3. The zero-order valence-electron chi connectivity index (χ0n) is 8.88. The van der Waals surface area contributed by atoms with Gasteiger partial charge in [0, 0.05) is 14.7 Å². The van der Waals surface area contributed by atoms with Gasteiger partial charge in [-0.25, -0.2) is 0 Å². The molecule has 0 radical (unpaired) electrons. The lowest BCUT2D eigenvalue weighted by molar-refractivity contribution is -0.402. The Kier molecular flexibility index (Phi) is 3.78. The van der Waals surface area contributed by atoms with Crippen molar-refractivity contribution in [2.45, 2.75) is 6.54 Å². The van der Waals surface area contributed by atoms with Gasteiger partial charge in [-0.2, -0.15) is 0 Å². The summed E-state index contributed by atoms with van der Waals surface area (Å²) in [5.41, 5.74) is 0. The molecule has 2 aromatic rings. The van der Waals surface area contributed by atoms with E-state index in [1.54, 1.807) is 0 Å². The number of nitro groups is 1. The van der Waals surface area contributed by atoms with Crippen molar-refractivity contribution < 1.29 is 14.1 Å². The number of thiophene rings is 1. The topological polar surface area (TPSA) is 85.4 Å². The second kappa shape index (κ2) is 5.32. The average molecular weight is 331 g/mol. The van der Waals surface area contributed by atoms with Crippen molar-refractivity contribution in [2.75, 3.05) is 0 Å². The summed E-state index contributed by atoms with van der Waals surface area (Å²) in [7, 11) is 0. The average Bonchev–Trinajstić information content (AvgIpc) is 2.94. The van der Waals surface area contributed by atoms with Crippen LogP contribution in [0, 0.1) is 10.1 Å². The van der Waals surface area contributed by atoms with Crippen LogP contribution >= 0.6 is 27.3 Å². The highest BCUT2D eigenvalue weighted by atomic mass is 79.9. The van der Waals surface area contributed by atoms with Crippen LogP contribution in [-0.4, -0.2) is 10.8 Å². The summed E-state index contributed by atoms with van der Waals surface area (Å²) in [5, 5.41) is 14.9. The molecular weight excluding hydrogens is 324 g/mol. The largest absolute Gasteiger partial charge is 0.433 e. The molecule has 1 amide bonds. The van der Waals surface area contributed by atoms with Crippen LogP contribution in [0.4, 0.5) is 5.88 Å². The summed E-state index contributed by atoms with van der Waals surface area (Å²) in [5.74, 6) is -0.996. The van der Waals surface area contributed by atoms with Crippen molar-refractivity contribution in [3.8, 4) is 0 Å². The first-order valence-corrected chi connectivity index (χ1v) is 6.49. The molecule has 0 aliphatic heterocycles. The van der Waals surface area contributed by atoms with E-state index in [-0.39, 0.29) is 5.76 Å². The fourth-order valence-corrected chi connectivity index (χ4v) is 2.64. The molecular formula is C10H7BrN2O4S. The number of rotatable bonds is 4. The molecule has 6 nitrogen and oxygen atoms in total. The summed E-state index contributed by atoms with van der Waals surface area (Å²) < 4.78 is 5.73. The number of carbonyl (C=O) groups is 1. The van der Waals surface area contributed by atoms with Gasteiger partial charge >= 0.3 is 5.88 Å². The highest BCUT2D eigenvalue weighted by Crippen LogP contribution is 2.20. The van der Waals surface area contributed by atoms with Gasteiger partial charge in [0.1, 0.15) is 4.92 Å². The van der Waals surface area contributed by atoms with Gasteiger partial charge in [0.15, 0.2) is 5.76 Å². The van der Waals surface area contributed by atoms with Crippen molar-refractivity contribution >= 4 is 39.1 Å². The maximum Gasteiger partial charge on any atom is 0.433 e. The second-order valence-electron chi connectivity index (χ2n) is 3.31. The Bertz CT molecular complexity index is 592. The molecule has 0 bridgehead atoms. The molecule has 0 spiro atoms. The van der Waals surface area contributed by atoms with Crippen molar-refractivity contribution in [1.29, 1.82) is 0 Å². The third-order valence-electron chi connectivity index (χ3n) is 2.04. The predicted molar refractivity (Wildman–Crippen MR) is 68.6 cm³/mol. The van der Waals surface area contributed by atoms with Crippen LogP contribution in [-0.2, 0) is 6.54 Å². The molecule has 0 fully saturated rings. The SMILES string of the molecule is O=C(NCc1cc(Br)cs1)c1ccc([N+](=O)[O-])o1. The quantitative estimate of drug-likeness (QED) is 0.689. The molecule has 0 aliphatic rings. The van der Waals surface area contributed by atoms with Gasteiger partial charge in [0.2, 0.25) is 0 Å². The number of halogens is 1. The third kappa shape index (κ3) is 2.96. The Morgan fingerprint density at radius 3 is 2.89 bits per heavy atom. The maximum absolute atomic E-state index is 11.6. The Morgan fingerprint density at radius 2 is 2.33 bits per heavy atom. The molecule has 1 N–H and O–H groups in total. The van der Waals surface area contributed by atoms with Gasteiger partial charge < -0.3 is 9.73 Å². The van der Waals surface area contributed by atoms with Gasteiger partial charge in [0.25, 0.3) is 5.91 Å². The third-order valence-corrected chi connectivity index (χ3v) is 3.74. The number of amides is 1. The molecule has 2 rings (SSSR count). The van der Waals surface area contributed by atoms with Gasteiger partial charge in [-0.1, -0.05) is 0 Å². The van der Waals surface area contributed by atoms with Crippen molar-refractivity contribution in [3.63, 3.8) is 0 Å². The van der Waals surface area contributed by atoms with E-state index in [9.17, 15) is 14.9 Å². The minimum absolute atomic E-state index is 0.0719. The molecule has 2 aromatic heterocycles. The van der Waals surface area contributed by atoms with Gasteiger partial charge in [-0.15, -0.1) is 11.3 Å². The smallest absolute Gasteiger partial charge is 0.395 e. The number of nitrogens with zero attached hydrogens (tertiary/aromatic N) is 1. The van der Waals surface area contributed by atoms with Crippen LogP contribution in [0.3, 0.4) is 0 Å². The van der Waals surface area contributed by atoms with Crippen LogP contribution in [0.25, 0.3) is 0 Å². The summed E-state index contributed by atoms with van der Waals surface area (Å²) >= 11 is 4.80. The monoisotopic (exact) mass is 330 g/mol. The minimum Gasteiger partial charge on any atom is -0.395 e. The molecule has 0 aromatic carbocycles. The minimum atomic E-state index is -0.687. The fraction of sp³-hybridized carbons (Fsp3) is 0.100. The van der Waals surface area contributed by atoms with Crippen molar-refractivity contribution in [3.05, 3.63) is 48.8 Å². The Balaban J connectivity index is 1.97. The Morgan fingerprint density at radius 1 is 1.56 bits per heavy atom. The van der Waals surface area contributed by atoms with Crippen molar-refractivity contribution in [1.82, 2.24) is 5.32 Å².